The zero-order chi connectivity index (χ0) is 13.1. The minimum atomic E-state index is 0.278. The third kappa shape index (κ3) is 2.71. The van der Waals surface area contributed by atoms with E-state index in [1.807, 2.05) is 24.4 Å². The Balaban J connectivity index is 1.63. The van der Waals surface area contributed by atoms with Crippen molar-refractivity contribution in [2.24, 2.45) is 0 Å². The van der Waals surface area contributed by atoms with Crippen molar-refractivity contribution >= 4 is 17.4 Å². The lowest BCUT2D eigenvalue weighted by molar-refractivity contribution is 0.380. The Hall–Kier alpha value is -1.62. The van der Waals surface area contributed by atoms with Gasteiger partial charge in [-0.1, -0.05) is 6.07 Å². The molecular weight excluding hydrogens is 264 g/mol. The lowest BCUT2D eigenvalue weighted by atomic mass is 9.97. The number of alkyl halides is 1. The highest BCUT2D eigenvalue weighted by Crippen LogP contribution is 2.29. The van der Waals surface area contributed by atoms with Crippen LogP contribution in [0.5, 0.6) is 0 Å². The highest BCUT2D eigenvalue weighted by atomic mass is 35.5. The third-order valence-electron chi connectivity index (χ3n) is 3.41. The molecule has 0 atom stereocenters. The Morgan fingerprint density at radius 3 is 2.74 bits per heavy atom. The van der Waals surface area contributed by atoms with E-state index >= 15 is 0 Å². The first kappa shape index (κ1) is 12.4. The Morgan fingerprint density at radius 2 is 2.11 bits per heavy atom. The standard InChI is InChI=1S/C13H15ClN4O/c14-9-12-16-17-13(19-12)10-4-7-18(8-5-10)11-3-1-2-6-15-11/h1-3,6,10H,4-5,7-9H2. The van der Waals surface area contributed by atoms with E-state index in [9.17, 15) is 0 Å². The van der Waals surface area contributed by atoms with Gasteiger partial charge in [-0.15, -0.1) is 21.8 Å². The molecule has 1 fully saturated rings. The fourth-order valence-electron chi connectivity index (χ4n) is 2.38. The van der Waals surface area contributed by atoms with Gasteiger partial charge in [0.15, 0.2) is 0 Å². The van der Waals surface area contributed by atoms with Gasteiger partial charge in [0.1, 0.15) is 11.7 Å². The smallest absolute Gasteiger partial charge is 0.231 e. The molecule has 0 amide bonds. The van der Waals surface area contributed by atoms with E-state index < -0.39 is 0 Å². The van der Waals surface area contributed by atoms with Gasteiger partial charge in [-0.25, -0.2) is 4.98 Å². The predicted molar refractivity (Wildman–Crippen MR) is 72.3 cm³/mol. The zero-order valence-electron chi connectivity index (χ0n) is 10.5. The molecule has 0 spiro atoms. The average molecular weight is 279 g/mol. The second-order valence-electron chi connectivity index (χ2n) is 4.62. The molecule has 2 aromatic heterocycles. The minimum absolute atomic E-state index is 0.278. The zero-order valence-corrected chi connectivity index (χ0v) is 11.3. The first-order valence-electron chi connectivity index (χ1n) is 6.41. The molecule has 5 nitrogen and oxygen atoms in total. The SMILES string of the molecule is ClCc1nnc(C2CCN(c3ccccn3)CC2)o1. The van der Waals surface area contributed by atoms with E-state index in [2.05, 4.69) is 20.1 Å². The summed E-state index contributed by atoms with van der Waals surface area (Å²) in [5, 5.41) is 7.99. The maximum absolute atomic E-state index is 5.67. The maximum atomic E-state index is 5.67. The highest BCUT2D eigenvalue weighted by Gasteiger charge is 2.25. The number of hydrogen-bond acceptors (Lipinski definition) is 5. The van der Waals surface area contributed by atoms with E-state index in [0.717, 1.165) is 37.6 Å². The molecule has 0 aromatic carbocycles. The lowest BCUT2D eigenvalue weighted by Gasteiger charge is -2.31. The molecule has 100 valence electrons. The number of aromatic nitrogens is 3. The van der Waals surface area contributed by atoms with Gasteiger partial charge in [0, 0.05) is 25.2 Å². The van der Waals surface area contributed by atoms with Gasteiger partial charge in [-0.2, -0.15) is 0 Å². The van der Waals surface area contributed by atoms with Crippen LogP contribution in [-0.2, 0) is 5.88 Å². The number of pyridine rings is 1. The molecule has 3 rings (SSSR count). The summed E-state index contributed by atoms with van der Waals surface area (Å²) in [5.41, 5.74) is 0. The van der Waals surface area contributed by atoms with Crippen LogP contribution in [0.4, 0.5) is 5.82 Å². The van der Waals surface area contributed by atoms with Crippen LogP contribution in [0.3, 0.4) is 0 Å². The summed E-state index contributed by atoms with van der Waals surface area (Å²) in [6.07, 6.45) is 3.83. The Kier molecular flexibility index (Phi) is 3.64. The van der Waals surface area contributed by atoms with Crippen LogP contribution in [0.1, 0.15) is 30.5 Å². The van der Waals surface area contributed by atoms with Crippen LogP contribution in [-0.4, -0.2) is 28.3 Å². The van der Waals surface area contributed by atoms with Crippen molar-refractivity contribution in [2.45, 2.75) is 24.6 Å². The molecule has 0 aliphatic carbocycles. The second kappa shape index (κ2) is 5.57. The molecular formula is C13H15ClN4O. The van der Waals surface area contributed by atoms with Crippen molar-refractivity contribution in [1.29, 1.82) is 0 Å². The fourth-order valence-corrected chi connectivity index (χ4v) is 2.49. The topological polar surface area (TPSA) is 55.1 Å². The number of nitrogens with zero attached hydrogens (tertiary/aromatic N) is 4. The summed E-state index contributed by atoms with van der Waals surface area (Å²) in [6, 6.07) is 5.99. The van der Waals surface area contributed by atoms with Gasteiger partial charge in [0.25, 0.3) is 0 Å². The summed E-state index contributed by atoms with van der Waals surface area (Å²) in [4.78, 5) is 6.66. The molecule has 0 saturated carbocycles. The van der Waals surface area contributed by atoms with Gasteiger partial charge in [0.05, 0.1) is 0 Å². The summed E-state index contributed by atoms with van der Waals surface area (Å²) in [6.45, 7) is 1.92. The average Bonchev–Trinajstić information content (AvgIpc) is 2.97. The number of piperidine rings is 1. The summed E-state index contributed by atoms with van der Waals surface area (Å²) >= 11 is 5.67. The molecule has 0 radical (unpaired) electrons. The Bertz CT molecular complexity index is 522. The van der Waals surface area contributed by atoms with Crippen molar-refractivity contribution in [3.05, 3.63) is 36.2 Å². The van der Waals surface area contributed by atoms with Crippen molar-refractivity contribution in [2.75, 3.05) is 18.0 Å². The number of halogens is 1. The van der Waals surface area contributed by atoms with Crippen molar-refractivity contribution < 1.29 is 4.42 Å². The van der Waals surface area contributed by atoms with Crippen LogP contribution in [0.2, 0.25) is 0 Å². The van der Waals surface area contributed by atoms with Crippen molar-refractivity contribution in [3.8, 4) is 0 Å². The first-order valence-corrected chi connectivity index (χ1v) is 6.94. The van der Waals surface area contributed by atoms with Gasteiger partial charge in [0.2, 0.25) is 11.8 Å². The summed E-state index contributed by atoms with van der Waals surface area (Å²) in [7, 11) is 0. The van der Waals surface area contributed by atoms with Gasteiger partial charge in [-0.05, 0) is 25.0 Å². The molecule has 0 unspecified atom stereocenters. The largest absolute Gasteiger partial charge is 0.424 e. The maximum Gasteiger partial charge on any atom is 0.231 e. The molecule has 6 heteroatoms. The van der Waals surface area contributed by atoms with Crippen molar-refractivity contribution in [3.63, 3.8) is 0 Å². The molecule has 1 aliphatic rings. The Morgan fingerprint density at radius 1 is 1.26 bits per heavy atom. The van der Waals surface area contributed by atoms with Crippen LogP contribution in [0.15, 0.2) is 28.8 Å². The van der Waals surface area contributed by atoms with Gasteiger partial charge < -0.3 is 9.32 Å². The molecule has 1 aliphatic heterocycles. The van der Waals surface area contributed by atoms with Crippen LogP contribution < -0.4 is 4.90 Å². The molecule has 0 N–H and O–H groups in total. The van der Waals surface area contributed by atoms with E-state index in [4.69, 9.17) is 16.0 Å². The van der Waals surface area contributed by atoms with Gasteiger partial charge in [-0.3, -0.25) is 0 Å². The van der Waals surface area contributed by atoms with E-state index in [-0.39, 0.29) is 5.88 Å². The lowest BCUT2D eigenvalue weighted by Crippen LogP contribution is -2.33. The van der Waals surface area contributed by atoms with Crippen molar-refractivity contribution in [1.82, 2.24) is 15.2 Å². The molecule has 19 heavy (non-hydrogen) atoms. The minimum Gasteiger partial charge on any atom is -0.424 e. The highest BCUT2D eigenvalue weighted by molar-refractivity contribution is 6.16. The van der Waals surface area contributed by atoms with Crippen LogP contribution in [0.25, 0.3) is 0 Å². The number of anilines is 1. The Labute approximate surface area is 116 Å². The molecule has 2 aromatic rings. The fraction of sp³-hybridized carbons (Fsp3) is 0.462. The third-order valence-corrected chi connectivity index (χ3v) is 3.64. The predicted octanol–water partition coefficient (Wildman–Crippen LogP) is 2.59. The molecule has 0 bridgehead atoms. The number of rotatable bonds is 3. The molecule has 1 saturated heterocycles. The normalized spacial score (nSPS) is 16.8. The second-order valence-corrected chi connectivity index (χ2v) is 4.88. The van der Waals surface area contributed by atoms with Crippen LogP contribution >= 0.6 is 11.6 Å². The first-order chi connectivity index (χ1) is 9.36. The summed E-state index contributed by atoms with van der Waals surface area (Å²) in [5.74, 6) is 2.87. The summed E-state index contributed by atoms with van der Waals surface area (Å²) < 4.78 is 5.52. The molecule has 3 heterocycles. The van der Waals surface area contributed by atoms with E-state index in [1.165, 1.54) is 0 Å². The quantitative estimate of drug-likeness (QED) is 0.808. The monoisotopic (exact) mass is 278 g/mol. The van der Waals surface area contributed by atoms with Crippen LogP contribution in [0, 0.1) is 0 Å². The van der Waals surface area contributed by atoms with E-state index in [1.54, 1.807) is 0 Å². The van der Waals surface area contributed by atoms with E-state index in [0.29, 0.717) is 11.8 Å². The van der Waals surface area contributed by atoms with Gasteiger partial charge >= 0.3 is 0 Å². The number of hydrogen-bond donors (Lipinski definition) is 0.